The van der Waals surface area contributed by atoms with Gasteiger partial charge in [-0.25, -0.2) is 0 Å². The van der Waals surface area contributed by atoms with Gasteiger partial charge in [0.2, 0.25) is 5.91 Å². The Balaban J connectivity index is 1.29. The Hall–Kier alpha value is -2.25. The first kappa shape index (κ1) is 17.2. The highest BCUT2D eigenvalue weighted by Gasteiger charge is 2.41. The molecular weight excluding hydrogens is 332 g/mol. The van der Waals surface area contributed by atoms with Crippen LogP contribution in [-0.2, 0) is 16.1 Å². The van der Waals surface area contributed by atoms with Crippen molar-refractivity contribution in [1.82, 2.24) is 15.0 Å². The average Bonchev–Trinajstić information content (AvgIpc) is 3.22. The van der Waals surface area contributed by atoms with E-state index in [1.54, 1.807) is 12.4 Å². The first-order valence-electron chi connectivity index (χ1n) is 9.13. The van der Waals surface area contributed by atoms with E-state index in [9.17, 15) is 4.79 Å². The number of rotatable bonds is 5. The van der Waals surface area contributed by atoms with E-state index in [1.807, 2.05) is 25.1 Å². The smallest absolute Gasteiger partial charge is 0.227 e. The number of carbonyl (C=O) groups excluding carboxylic acids is 1. The molecule has 0 aromatic carbocycles. The van der Waals surface area contributed by atoms with E-state index >= 15 is 0 Å². The van der Waals surface area contributed by atoms with Crippen LogP contribution in [0.5, 0.6) is 0 Å². The van der Waals surface area contributed by atoms with Gasteiger partial charge >= 0.3 is 0 Å². The fourth-order valence-corrected chi connectivity index (χ4v) is 4.07. The molecule has 1 N–H and O–H groups in total. The maximum absolute atomic E-state index is 12.3. The Kier molecular flexibility index (Phi) is 4.99. The first-order valence-corrected chi connectivity index (χ1v) is 9.13. The zero-order valence-electron chi connectivity index (χ0n) is 14.9. The Morgan fingerprint density at radius 2 is 2.38 bits per heavy atom. The second-order valence-electron chi connectivity index (χ2n) is 7.24. The van der Waals surface area contributed by atoms with Crippen molar-refractivity contribution in [2.24, 2.45) is 11.8 Å². The zero-order valence-corrected chi connectivity index (χ0v) is 14.9. The quantitative estimate of drug-likeness (QED) is 0.885. The minimum absolute atomic E-state index is 0.00751. The number of hydrogen-bond acceptors (Lipinski definition) is 6. The molecule has 3 atom stereocenters. The van der Waals surface area contributed by atoms with Crippen LogP contribution < -0.4 is 5.32 Å². The van der Waals surface area contributed by atoms with Crippen molar-refractivity contribution in [3.05, 3.63) is 42.0 Å². The molecule has 2 aromatic rings. The number of pyridine rings is 1. The molecule has 0 spiro atoms. The number of nitrogens with zero attached hydrogens (tertiary/aromatic N) is 3. The lowest BCUT2D eigenvalue weighted by molar-refractivity contribution is -0.118. The molecule has 2 aliphatic heterocycles. The van der Waals surface area contributed by atoms with Crippen molar-refractivity contribution >= 4 is 11.6 Å². The molecule has 4 rings (SSSR count). The lowest BCUT2D eigenvalue weighted by Gasteiger charge is -2.35. The van der Waals surface area contributed by atoms with Crippen molar-refractivity contribution in [2.75, 3.05) is 25.0 Å². The van der Waals surface area contributed by atoms with E-state index in [0.717, 1.165) is 49.8 Å². The summed E-state index contributed by atoms with van der Waals surface area (Å²) in [7, 11) is 0. The minimum Gasteiger partial charge on any atom is -0.377 e. The SMILES string of the molecule is Cc1cc(CN2CC[C@@H]3[C@@H](CO[C@@H]3CC(=O)Nc3cccnc3)C2)no1. The van der Waals surface area contributed by atoms with E-state index in [2.05, 4.69) is 20.4 Å². The second-order valence-corrected chi connectivity index (χ2v) is 7.24. The van der Waals surface area contributed by atoms with Crippen LogP contribution >= 0.6 is 0 Å². The predicted molar refractivity (Wildman–Crippen MR) is 95.3 cm³/mol. The predicted octanol–water partition coefficient (Wildman–Crippen LogP) is 2.24. The van der Waals surface area contributed by atoms with Gasteiger partial charge in [0.15, 0.2) is 0 Å². The van der Waals surface area contributed by atoms with Gasteiger partial charge in [-0.3, -0.25) is 14.7 Å². The summed E-state index contributed by atoms with van der Waals surface area (Å²) in [6.45, 7) is 5.43. The van der Waals surface area contributed by atoms with Crippen LogP contribution in [0.4, 0.5) is 5.69 Å². The van der Waals surface area contributed by atoms with E-state index in [0.29, 0.717) is 18.3 Å². The molecule has 0 bridgehead atoms. The molecule has 2 aromatic heterocycles. The monoisotopic (exact) mass is 356 g/mol. The molecule has 138 valence electrons. The molecule has 0 saturated carbocycles. The summed E-state index contributed by atoms with van der Waals surface area (Å²) in [6.07, 6.45) is 4.80. The number of amides is 1. The fraction of sp³-hybridized carbons (Fsp3) is 0.526. The maximum atomic E-state index is 12.3. The Morgan fingerprint density at radius 1 is 1.46 bits per heavy atom. The van der Waals surface area contributed by atoms with E-state index in [4.69, 9.17) is 9.26 Å². The molecule has 2 fully saturated rings. The van der Waals surface area contributed by atoms with Gasteiger partial charge in [0.25, 0.3) is 0 Å². The maximum Gasteiger partial charge on any atom is 0.227 e. The Labute approximate surface area is 152 Å². The van der Waals surface area contributed by atoms with Crippen molar-refractivity contribution in [1.29, 1.82) is 0 Å². The van der Waals surface area contributed by atoms with E-state index < -0.39 is 0 Å². The van der Waals surface area contributed by atoms with Gasteiger partial charge in [-0.2, -0.15) is 0 Å². The number of aryl methyl sites for hydroxylation is 1. The van der Waals surface area contributed by atoms with Gasteiger partial charge in [0, 0.05) is 31.3 Å². The summed E-state index contributed by atoms with van der Waals surface area (Å²) in [5.74, 6) is 1.76. The number of likely N-dealkylation sites (tertiary alicyclic amines) is 1. The van der Waals surface area contributed by atoms with Crippen LogP contribution in [0.25, 0.3) is 0 Å². The summed E-state index contributed by atoms with van der Waals surface area (Å²) >= 11 is 0. The number of aromatic nitrogens is 2. The fourth-order valence-electron chi connectivity index (χ4n) is 4.07. The Morgan fingerprint density at radius 3 is 3.15 bits per heavy atom. The largest absolute Gasteiger partial charge is 0.377 e. The number of hydrogen-bond donors (Lipinski definition) is 1. The van der Waals surface area contributed by atoms with Gasteiger partial charge in [-0.15, -0.1) is 0 Å². The molecule has 7 nitrogen and oxygen atoms in total. The van der Waals surface area contributed by atoms with Gasteiger partial charge in [-0.05, 0) is 37.9 Å². The number of fused-ring (bicyclic) bond motifs is 1. The molecular formula is C19H24N4O3. The van der Waals surface area contributed by atoms with Gasteiger partial charge in [-0.1, -0.05) is 5.16 Å². The minimum atomic E-state index is -0.0100. The van der Waals surface area contributed by atoms with E-state index in [-0.39, 0.29) is 12.0 Å². The van der Waals surface area contributed by atoms with Crippen molar-refractivity contribution in [3.8, 4) is 0 Å². The molecule has 7 heteroatoms. The molecule has 0 aliphatic carbocycles. The van der Waals surface area contributed by atoms with E-state index in [1.165, 1.54) is 0 Å². The lowest BCUT2D eigenvalue weighted by atomic mass is 9.83. The van der Waals surface area contributed by atoms with Crippen LogP contribution in [0, 0.1) is 18.8 Å². The van der Waals surface area contributed by atoms with Crippen LogP contribution in [0.3, 0.4) is 0 Å². The van der Waals surface area contributed by atoms with Gasteiger partial charge < -0.3 is 14.6 Å². The van der Waals surface area contributed by atoms with Gasteiger partial charge in [0.05, 0.1) is 36.7 Å². The summed E-state index contributed by atoms with van der Waals surface area (Å²) in [4.78, 5) is 18.7. The van der Waals surface area contributed by atoms with Crippen LogP contribution in [0.1, 0.15) is 24.3 Å². The van der Waals surface area contributed by atoms with Crippen LogP contribution in [0.2, 0.25) is 0 Å². The highest BCUT2D eigenvalue weighted by molar-refractivity contribution is 5.90. The summed E-state index contributed by atoms with van der Waals surface area (Å²) in [6, 6.07) is 5.64. The Bertz CT molecular complexity index is 748. The number of nitrogens with one attached hydrogen (secondary N) is 1. The average molecular weight is 356 g/mol. The van der Waals surface area contributed by atoms with Crippen molar-refractivity contribution in [2.45, 2.75) is 32.4 Å². The van der Waals surface area contributed by atoms with Crippen molar-refractivity contribution in [3.63, 3.8) is 0 Å². The number of piperidine rings is 1. The molecule has 2 aliphatic rings. The highest BCUT2D eigenvalue weighted by atomic mass is 16.5. The molecule has 4 heterocycles. The normalized spacial score (nSPS) is 25.8. The summed E-state index contributed by atoms with van der Waals surface area (Å²) < 4.78 is 11.1. The molecule has 0 radical (unpaired) electrons. The number of ether oxygens (including phenoxy) is 1. The van der Waals surface area contributed by atoms with Crippen molar-refractivity contribution < 1.29 is 14.1 Å². The molecule has 26 heavy (non-hydrogen) atoms. The standard InChI is InChI=1S/C19H24N4O3/c1-13-7-16(22-26-13)11-23-6-4-17-14(10-23)12-25-18(17)8-19(24)21-15-3-2-5-20-9-15/h2-3,5,7,9,14,17-18H,4,6,8,10-12H2,1H3,(H,21,24)/t14-,17-,18-/m1/s1. The molecule has 0 unspecified atom stereocenters. The van der Waals surface area contributed by atoms with Gasteiger partial charge in [0.1, 0.15) is 5.76 Å². The third-order valence-corrected chi connectivity index (χ3v) is 5.27. The first-order chi connectivity index (χ1) is 12.7. The van der Waals surface area contributed by atoms with Crippen LogP contribution in [-0.4, -0.2) is 46.7 Å². The molecule has 1 amide bonds. The summed E-state index contributed by atoms with van der Waals surface area (Å²) in [5, 5.41) is 6.98. The third kappa shape index (κ3) is 3.94. The number of carbonyl (C=O) groups is 1. The molecule has 2 saturated heterocycles. The summed E-state index contributed by atoms with van der Waals surface area (Å²) in [5.41, 5.74) is 1.71. The topological polar surface area (TPSA) is 80.5 Å². The van der Waals surface area contributed by atoms with Crippen LogP contribution in [0.15, 0.2) is 35.1 Å². The highest BCUT2D eigenvalue weighted by Crippen LogP contribution is 2.36. The second kappa shape index (κ2) is 7.55. The zero-order chi connectivity index (χ0) is 17.9. The number of anilines is 1. The lowest BCUT2D eigenvalue weighted by Crippen LogP contribution is -2.41. The third-order valence-electron chi connectivity index (χ3n) is 5.27.